The third-order valence-electron chi connectivity index (χ3n) is 1.66. The van der Waals surface area contributed by atoms with Crippen LogP contribution in [0.15, 0.2) is 24.3 Å². The van der Waals surface area contributed by atoms with E-state index in [4.69, 9.17) is 4.74 Å². The number of hydrogen-bond donors (Lipinski definition) is 0. The second kappa shape index (κ2) is 4.00. The van der Waals surface area contributed by atoms with Gasteiger partial charge in [-0.2, -0.15) is 0 Å². The van der Waals surface area contributed by atoms with Gasteiger partial charge in [0.15, 0.2) is 0 Å². The molecule has 0 heterocycles. The molecular weight excluding hydrogens is 150 g/mol. The first-order chi connectivity index (χ1) is 5.74. The maximum Gasteiger partial charge on any atom is 0.119 e. The lowest BCUT2D eigenvalue weighted by Gasteiger charge is -2.12. The van der Waals surface area contributed by atoms with Gasteiger partial charge in [0.05, 0.1) is 6.61 Å². The zero-order valence-electron chi connectivity index (χ0n) is 7.87. The van der Waals surface area contributed by atoms with Gasteiger partial charge in [0, 0.05) is 19.8 Å². The Labute approximate surface area is 73.8 Å². The lowest BCUT2D eigenvalue weighted by atomic mass is 10.3. The van der Waals surface area contributed by atoms with E-state index in [1.165, 1.54) is 5.69 Å². The number of nitrogens with zero attached hydrogens (tertiary/aromatic N) is 1. The summed E-state index contributed by atoms with van der Waals surface area (Å²) in [5.41, 5.74) is 1.19. The molecule has 0 unspecified atom stereocenters. The van der Waals surface area contributed by atoms with Crippen molar-refractivity contribution in [1.29, 1.82) is 0 Å². The SMILES string of the molecule is CCOc1ccc(N(C)C)cc1. The van der Waals surface area contributed by atoms with E-state index in [1.54, 1.807) is 0 Å². The third kappa shape index (κ3) is 2.16. The van der Waals surface area contributed by atoms with E-state index in [0.717, 1.165) is 12.4 Å². The lowest BCUT2D eigenvalue weighted by molar-refractivity contribution is 0.340. The fraction of sp³-hybridized carbons (Fsp3) is 0.400. The van der Waals surface area contributed by atoms with Crippen LogP contribution in [0.3, 0.4) is 0 Å². The minimum Gasteiger partial charge on any atom is -0.494 e. The van der Waals surface area contributed by atoms with Crippen LogP contribution in [0.4, 0.5) is 5.69 Å². The van der Waals surface area contributed by atoms with Crippen LogP contribution in [0.1, 0.15) is 6.92 Å². The number of ether oxygens (including phenoxy) is 1. The normalized spacial score (nSPS) is 9.58. The van der Waals surface area contributed by atoms with Gasteiger partial charge in [-0.25, -0.2) is 0 Å². The quantitative estimate of drug-likeness (QED) is 0.680. The van der Waals surface area contributed by atoms with Gasteiger partial charge < -0.3 is 9.64 Å². The zero-order valence-corrected chi connectivity index (χ0v) is 7.87. The van der Waals surface area contributed by atoms with Crippen molar-refractivity contribution in [3.63, 3.8) is 0 Å². The molecule has 0 saturated heterocycles. The lowest BCUT2D eigenvalue weighted by Crippen LogP contribution is -2.08. The molecule has 0 N–H and O–H groups in total. The maximum absolute atomic E-state index is 5.32. The molecule has 0 aliphatic carbocycles. The van der Waals surface area contributed by atoms with Crippen molar-refractivity contribution in [2.24, 2.45) is 0 Å². The first-order valence-corrected chi connectivity index (χ1v) is 4.14. The Hall–Kier alpha value is -1.18. The van der Waals surface area contributed by atoms with Crippen molar-refractivity contribution < 1.29 is 4.74 Å². The van der Waals surface area contributed by atoms with Crippen molar-refractivity contribution in [2.75, 3.05) is 25.6 Å². The van der Waals surface area contributed by atoms with Crippen LogP contribution in [0.2, 0.25) is 0 Å². The Bertz CT molecular complexity index is 228. The van der Waals surface area contributed by atoms with E-state index in [1.807, 2.05) is 45.3 Å². The molecular formula is C10H15NO. The van der Waals surface area contributed by atoms with Gasteiger partial charge in [-0.15, -0.1) is 0 Å². The van der Waals surface area contributed by atoms with Gasteiger partial charge in [-0.1, -0.05) is 0 Å². The Morgan fingerprint density at radius 2 is 1.75 bits per heavy atom. The van der Waals surface area contributed by atoms with Gasteiger partial charge in [0.1, 0.15) is 5.75 Å². The monoisotopic (exact) mass is 165 g/mol. The highest BCUT2D eigenvalue weighted by atomic mass is 16.5. The van der Waals surface area contributed by atoms with Crippen LogP contribution in [0.25, 0.3) is 0 Å². The Kier molecular flexibility index (Phi) is 2.97. The van der Waals surface area contributed by atoms with E-state index in [0.29, 0.717) is 0 Å². The molecule has 1 aromatic rings. The fourth-order valence-electron chi connectivity index (χ4n) is 1.01. The molecule has 0 spiro atoms. The second-order valence-corrected chi connectivity index (χ2v) is 2.82. The van der Waals surface area contributed by atoms with Gasteiger partial charge in [0.2, 0.25) is 0 Å². The first-order valence-electron chi connectivity index (χ1n) is 4.14. The molecule has 1 rings (SSSR count). The predicted molar refractivity (Wildman–Crippen MR) is 51.9 cm³/mol. The topological polar surface area (TPSA) is 12.5 Å². The van der Waals surface area contributed by atoms with Gasteiger partial charge in [-0.3, -0.25) is 0 Å². The largest absolute Gasteiger partial charge is 0.494 e. The zero-order chi connectivity index (χ0) is 8.97. The molecule has 0 aromatic heterocycles. The van der Waals surface area contributed by atoms with Crippen molar-refractivity contribution >= 4 is 5.69 Å². The number of benzene rings is 1. The maximum atomic E-state index is 5.32. The van der Waals surface area contributed by atoms with Gasteiger partial charge in [0.25, 0.3) is 0 Å². The van der Waals surface area contributed by atoms with E-state index < -0.39 is 0 Å². The smallest absolute Gasteiger partial charge is 0.119 e. The summed E-state index contributed by atoms with van der Waals surface area (Å²) in [6.07, 6.45) is 0. The molecule has 0 bridgehead atoms. The standard InChI is InChI=1S/C10H15NO/c1-4-12-10-7-5-9(6-8-10)11(2)3/h5-8H,4H2,1-3H3. The highest BCUT2D eigenvalue weighted by Crippen LogP contribution is 2.16. The summed E-state index contributed by atoms with van der Waals surface area (Å²) in [5, 5.41) is 0. The van der Waals surface area contributed by atoms with E-state index >= 15 is 0 Å². The third-order valence-corrected chi connectivity index (χ3v) is 1.66. The van der Waals surface area contributed by atoms with E-state index in [-0.39, 0.29) is 0 Å². The molecule has 66 valence electrons. The second-order valence-electron chi connectivity index (χ2n) is 2.82. The molecule has 2 nitrogen and oxygen atoms in total. The molecule has 12 heavy (non-hydrogen) atoms. The molecule has 0 amide bonds. The average molecular weight is 165 g/mol. The molecule has 1 aromatic carbocycles. The minimum absolute atomic E-state index is 0.724. The van der Waals surface area contributed by atoms with Crippen molar-refractivity contribution in [3.05, 3.63) is 24.3 Å². The molecule has 0 saturated carbocycles. The van der Waals surface area contributed by atoms with Gasteiger partial charge >= 0.3 is 0 Å². The molecule has 0 radical (unpaired) electrons. The van der Waals surface area contributed by atoms with Crippen LogP contribution in [-0.4, -0.2) is 20.7 Å². The van der Waals surface area contributed by atoms with Crippen LogP contribution >= 0.6 is 0 Å². The van der Waals surface area contributed by atoms with E-state index in [9.17, 15) is 0 Å². The Balaban J connectivity index is 2.71. The highest BCUT2D eigenvalue weighted by Gasteiger charge is 1.94. The summed E-state index contributed by atoms with van der Waals surface area (Å²) in [5.74, 6) is 0.933. The number of hydrogen-bond acceptors (Lipinski definition) is 2. The van der Waals surface area contributed by atoms with Crippen molar-refractivity contribution in [2.45, 2.75) is 6.92 Å². The highest BCUT2D eigenvalue weighted by molar-refractivity contribution is 5.47. The van der Waals surface area contributed by atoms with Gasteiger partial charge in [-0.05, 0) is 31.2 Å². The summed E-state index contributed by atoms with van der Waals surface area (Å²) in [6.45, 7) is 2.71. The Morgan fingerprint density at radius 1 is 1.17 bits per heavy atom. The van der Waals surface area contributed by atoms with Crippen molar-refractivity contribution in [3.8, 4) is 5.75 Å². The Morgan fingerprint density at radius 3 is 2.17 bits per heavy atom. The van der Waals surface area contributed by atoms with Crippen molar-refractivity contribution in [1.82, 2.24) is 0 Å². The van der Waals surface area contributed by atoms with E-state index in [2.05, 4.69) is 4.90 Å². The number of rotatable bonds is 3. The summed E-state index contributed by atoms with van der Waals surface area (Å²) in [4.78, 5) is 2.07. The first kappa shape index (κ1) is 8.91. The molecule has 0 aliphatic heterocycles. The molecule has 0 atom stereocenters. The number of anilines is 1. The van der Waals surface area contributed by atoms with Crippen LogP contribution in [0.5, 0.6) is 5.75 Å². The molecule has 0 aliphatic rings. The van der Waals surface area contributed by atoms with Crippen LogP contribution in [-0.2, 0) is 0 Å². The predicted octanol–water partition coefficient (Wildman–Crippen LogP) is 2.15. The summed E-state index contributed by atoms with van der Waals surface area (Å²) in [7, 11) is 4.05. The molecule has 2 heteroatoms. The summed E-state index contributed by atoms with van der Waals surface area (Å²) < 4.78 is 5.32. The summed E-state index contributed by atoms with van der Waals surface area (Å²) >= 11 is 0. The average Bonchev–Trinajstić information content (AvgIpc) is 2.06. The van der Waals surface area contributed by atoms with Crippen LogP contribution in [0, 0.1) is 0 Å². The fourth-order valence-corrected chi connectivity index (χ4v) is 1.01. The van der Waals surface area contributed by atoms with Crippen LogP contribution < -0.4 is 9.64 Å². The minimum atomic E-state index is 0.724. The summed E-state index contributed by atoms with van der Waals surface area (Å²) in [6, 6.07) is 8.06. The molecule has 0 fully saturated rings.